The number of nitrogen functional groups attached to an aromatic ring is 1. The molecule has 3 aromatic rings. The summed E-state index contributed by atoms with van der Waals surface area (Å²) in [6.45, 7) is 5.31. The van der Waals surface area contributed by atoms with Crippen molar-refractivity contribution in [2.24, 2.45) is 0 Å². The fourth-order valence-corrected chi connectivity index (χ4v) is 4.81. The van der Waals surface area contributed by atoms with Crippen LogP contribution in [-0.4, -0.2) is 44.3 Å². The summed E-state index contributed by atoms with van der Waals surface area (Å²) in [5.41, 5.74) is 7.29. The van der Waals surface area contributed by atoms with Crippen LogP contribution in [0.5, 0.6) is 0 Å². The zero-order valence-electron chi connectivity index (χ0n) is 18.5. The number of ketones is 1. The van der Waals surface area contributed by atoms with Gasteiger partial charge in [0.05, 0.1) is 25.6 Å². The molecule has 0 bridgehead atoms. The second-order valence-electron chi connectivity index (χ2n) is 7.59. The summed E-state index contributed by atoms with van der Waals surface area (Å²) in [5.74, 6) is -0.206. The number of aromatic nitrogens is 4. The summed E-state index contributed by atoms with van der Waals surface area (Å²) in [5, 5.41) is 3.34. The Hall–Kier alpha value is -2.56. The Morgan fingerprint density at radius 3 is 2.88 bits per heavy atom. The molecule has 0 saturated heterocycles. The highest BCUT2D eigenvalue weighted by Crippen LogP contribution is 2.44. The molecule has 4 N–H and O–H groups in total. The van der Waals surface area contributed by atoms with Gasteiger partial charge in [-0.25, -0.2) is 10.1 Å². The Balaban J connectivity index is 1.64. The van der Waals surface area contributed by atoms with Gasteiger partial charge < -0.3 is 19.6 Å². The van der Waals surface area contributed by atoms with Gasteiger partial charge >= 0.3 is 0 Å². The van der Waals surface area contributed by atoms with Crippen molar-refractivity contribution in [2.75, 3.05) is 18.7 Å². The molecule has 1 aromatic carbocycles. The summed E-state index contributed by atoms with van der Waals surface area (Å²) >= 11 is 6.15. The van der Waals surface area contributed by atoms with Crippen LogP contribution >= 0.6 is 19.1 Å². The molecular formula is C20H26ClN6O5P. The number of anilines is 1. The molecule has 33 heavy (non-hydrogen) atoms. The molecule has 11 nitrogen and oxygen atoms in total. The number of nitrogens with zero attached hydrogens (tertiary/aromatic N) is 3. The maximum absolute atomic E-state index is 13.4. The number of hydrogen-bond donors (Lipinski definition) is 3. The van der Waals surface area contributed by atoms with Gasteiger partial charge in [0, 0.05) is 11.6 Å². The van der Waals surface area contributed by atoms with Crippen molar-refractivity contribution >= 4 is 42.0 Å². The molecule has 0 fully saturated rings. The quantitative estimate of drug-likeness (QED) is 0.268. The van der Waals surface area contributed by atoms with E-state index in [0.717, 1.165) is 11.1 Å². The number of aryl methyl sites for hydroxylation is 1. The van der Waals surface area contributed by atoms with Gasteiger partial charge in [-0.15, -0.1) is 0 Å². The van der Waals surface area contributed by atoms with Crippen molar-refractivity contribution in [3.05, 3.63) is 51.0 Å². The second kappa shape index (κ2) is 10.6. The number of carbonyl (C=O) groups is 1. The first-order chi connectivity index (χ1) is 15.6. The number of carbonyl (C=O) groups excluding carboxylic acids is 1. The first-order valence-corrected chi connectivity index (χ1v) is 12.3. The normalized spacial score (nSPS) is 14.3. The van der Waals surface area contributed by atoms with Crippen LogP contribution in [0.4, 0.5) is 5.95 Å². The number of hydrogen-bond acceptors (Lipinski definition) is 8. The van der Waals surface area contributed by atoms with Crippen LogP contribution < -0.4 is 16.4 Å². The van der Waals surface area contributed by atoms with E-state index in [9.17, 15) is 14.2 Å². The molecule has 0 saturated carbocycles. The lowest BCUT2D eigenvalue weighted by atomic mass is 10.2. The maximum atomic E-state index is 13.4. The van der Waals surface area contributed by atoms with Gasteiger partial charge in [0.2, 0.25) is 5.95 Å². The molecule has 0 aliphatic carbocycles. The number of H-pyrrole nitrogens is 1. The Morgan fingerprint density at radius 1 is 1.42 bits per heavy atom. The van der Waals surface area contributed by atoms with Crippen LogP contribution in [0.1, 0.15) is 25.0 Å². The molecule has 3 rings (SSSR count). The number of halogens is 1. The Bertz CT molecular complexity index is 1260. The van der Waals surface area contributed by atoms with Crippen LogP contribution in [0.15, 0.2) is 29.3 Å². The average Bonchev–Trinajstić information content (AvgIpc) is 3.15. The Kier molecular flexibility index (Phi) is 8.04. The Labute approximate surface area is 195 Å². The summed E-state index contributed by atoms with van der Waals surface area (Å²) in [6, 6.07) is 4.72. The number of ether oxygens (including phenoxy) is 1. The van der Waals surface area contributed by atoms with E-state index in [1.807, 2.05) is 19.1 Å². The van der Waals surface area contributed by atoms with Gasteiger partial charge in [-0.2, -0.15) is 4.98 Å². The lowest BCUT2D eigenvalue weighted by molar-refractivity contribution is -0.118. The van der Waals surface area contributed by atoms with E-state index in [1.165, 1.54) is 13.3 Å². The highest BCUT2D eigenvalue weighted by atomic mass is 35.5. The maximum Gasteiger partial charge on any atom is 0.295 e. The van der Waals surface area contributed by atoms with Gasteiger partial charge in [0.1, 0.15) is 12.1 Å². The molecule has 0 aliphatic rings. The predicted octanol–water partition coefficient (Wildman–Crippen LogP) is 2.61. The number of nitrogens with two attached hydrogens (primary N) is 1. The van der Waals surface area contributed by atoms with Crippen LogP contribution in [0.25, 0.3) is 11.2 Å². The summed E-state index contributed by atoms with van der Waals surface area (Å²) in [7, 11) is -3.54. The van der Waals surface area contributed by atoms with Crippen molar-refractivity contribution < 1.29 is 18.6 Å². The highest BCUT2D eigenvalue weighted by Gasteiger charge is 2.27. The average molecular weight is 497 g/mol. The van der Waals surface area contributed by atoms with Gasteiger partial charge in [0.15, 0.2) is 11.2 Å². The molecule has 2 atom stereocenters. The number of fused-ring (bicyclic) bond motifs is 1. The molecule has 2 aromatic heterocycles. The molecule has 0 radical (unpaired) electrons. The van der Waals surface area contributed by atoms with Crippen LogP contribution in [0, 0.1) is 6.92 Å². The van der Waals surface area contributed by atoms with E-state index in [4.69, 9.17) is 26.6 Å². The number of nitrogens with one attached hydrogen (secondary N) is 2. The number of aromatic amines is 1. The van der Waals surface area contributed by atoms with E-state index in [0.29, 0.717) is 10.7 Å². The van der Waals surface area contributed by atoms with Crippen molar-refractivity contribution in [3.63, 3.8) is 0 Å². The third-order valence-corrected chi connectivity index (χ3v) is 7.16. The third kappa shape index (κ3) is 6.49. The predicted molar refractivity (Wildman–Crippen MR) is 125 cm³/mol. The van der Waals surface area contributed by atoms with E-state index < -0.39 is 19.1 Å². The van der Waals surface area contributed by atoms with Crippen LogP contribution in [0.3, 0.4) is 0 Å². The largest absolute Gasteiger partial charge is 0.369 e. The second-order valence-corrected chi connectivity index (χ2v) is 10.1. The minimum atomic E-state index is -3.54. The van der Waals surface area contributed by atoms with E-state index >= 15 is 0 Å². The summed E-state index contributed by atoms with van der Waals surface area (Å²) in [6.07, 6.45) is 1.18. The lowest BCUT2D eigenvalue weighted by Gasteiger charge is -2.23. The highest BCUT2D eigenvalue weighted by molar-refractivity contribution is 7.56. The topological polar surface area (TPSA) is 154 Å². The van der Waals surface area contributed by atoms with Crippen molar-refractivity contribution in [1.29, 1.82) is 0 Å². The molecule has 0 aliphatic heterocycles. The summed E-state index contributed by atoms with van der Waals surface area (Å²) < 4.78 is 26.3. The van der Waals surface area contributed by atoms with Crippen molar-refractivity contribution in [2.45, 2.75) is 40.0 Å². The van der Waals surface area contributed by atoms with E-state index in [1.54, 1.807) is 17.6 Å². The molecule has 0 amide bonds. The minimum Gasteiger partial charge on any atom is -0.369 e. The lowest BCUT2D eigenvalue weighted by Crippen LogP contribution is -2.32. The smallest absolute Gasteiger partial charge is 0.295 e. The van der Waals surface area contributed by atoms with Gasteiger partial charge in [-0.3, -0.25) is 19.1 Å². The zero-order chi connectivity index (χ0) is 24.2. The molecule has 2 unspecified atom stereocenters. The first kappa shape index (κ1) is 25.1. The van der Waals surface area contributed by atoms with Crippen molar-refractivity contribution in [3.8, 4) is 0 Å². The Morgan fingerprint density at radius 2 is 2.18 bits per heavy atom. The molecule has 2 heterocycles. The van der Waals surface area contributed by atoms with E-state index in [-0.39, 0.29) is 43.4 Å². The molecule has 178 valence electrons. The standard InChI is InChI=1S/C20H26ClN6O5P/c1-12-4-5-15(8-16(12)21)9-32-33(30,26-13(2)14(3)28)11-31-7-6-27-10-23-17-18(27)24-20(22)25-19(17)29/h4-5,8,10,13H,6-7,9,11H2,1-3H3,(H,26,30)(H3,22,24,25,29). The number of benzene rings is 1. The summed E-state index contributed by atoms with van der Waals surface area (Å²) in [4.78, 5) is 34.1. The van der Waals surface area contributed by atoms with Crippen LogP contribution in [0.2, 0.25) is 5.02 Å². The zero-order valence-corrected chi connectivity index (χ0v) is 20.2. The number of Topliss-reactive ketones (excluding diaryl/α,β-unsaturated/α-hetero) is 1. The fraction of sp³-hybridized carbons (Fsp3) is 0.400. The molecular weight excluding hydrogens is 471 g/mol. The van der Waals surface area contributed by atoms with Gasteiger partial charge in [-0.05, 0) is 38.0 Å². The van der Waals surface area contributed by atoms with Crippen molar-refractivity contribution in [1.82, 2.24) is 24.6 Å². The van der Waals surface area contributed by atoms with Gasteiger partial charge in [-0.1, -0.05) is 23.7 Å². The number of imidazole rings is 1. The monoisotopic (exact) mass is 496 g/mol. The first-order valence-electron chi connectivity index (χ1n) is 10.1. The van der Waals surface area contributed by atoms with Gasteiger partial charge in [0.25, 0.3) is 13.1 Å². The number of rotatable bonds is 11. The van der Waals surface area contributed by atoms with Crippen LogP contribution in [-0.2, 0) is 31.8 Å². The minimum absolute atomic E-state index is 0.0216. The fourth-order valence-electron chi connectivity index (χ4n) is 2.88. The molecule has 0 spiro atoms. The SMILES string of the molecule is CC(=O)C(C)NP(=O)(COCCn1cnc2c(=O)[nH]c(N)nc21)OCc1ccc(C)c(Cl)c1. The molecule has 13 heteroatoms. The van der Waals surface area contributed by atoms with E-state index in [2.05, 4.69) is 20.0 Å². The third-order valence-electron chi connectivity index (χ3n) is 4.91.